The number of halogens is 1. The monoisotopic (exact) mass is 589 g/mol. The van der Waals surface area contributed by atoms with Gasteiger partial charge in [-0.1, -0.05) is 40.2 Å². The van der Waals surface area contributed by atoms with Gasteiger partial charge >= 0.3 is 6.09 Å². The van der Waals surface area contributed by atoms with E-state index in [1.54, 1.807) is 48.2 Å². The van der Waals surface area contributed by atoms with Crippen molar-refractivity contribution in [3.63, 3.8) is 0 Å². The molecule has 1 aliphatic rings. The third-order valence-corrected chi connectivity index (χ3v) is 7.78. The Morgan fingerprint density at radius 1 is 1.10 bits per heavy atom. The van der Waals surface area contributed by atoms with E-state index in [1.165, 1.54) is 18.3 Å². The van der Waals surface area contributed by atoms with Crippen molar-refractivity contribution >= 4 is 40.1 Å². The number of nitrogens with one attached hydrogen (secondary N) is 1. The number of aryl methyl sites for hydroxylation is 1. The molecule has 1 aliphatic heterocycles. The second-order valence-corrected chi connectivity index (χ2v) is 12.6. The third kappa shape index (κ3) is 8.24. The van der Waals surface area contributed by atoms with Crippen molar-refractivity contribution in [3.05, 3.63) is 88.4 Å². The SMILES string of the molecule is Cc1ccc(F)c(C(=O)Nc2cccc(C#Cc3cc(C(=O)N=S4CCN(C(=O)OC(C)(C)C)CC4)cnc3N)c2)c1. The first kappa shape index (κ1) is 30.4. The minimum atomic E-state index is -0.607. The van der Waals surface area contributed by atoms with Crippen LogP contribution >= 0.6 is 0 Å². The standard InChI is InChI=1S/C31H32FN5O4S/c1-20-8-11-26(32)25(16-20)29(39)35-24-7-5-6-21(17-24)9-10-22-18-23(19-34-27(22)33)28(38)36-42-14-12-37(13-15-42)30(40)41-31(2,3)4/h5-8,11,16-19H,12-15H2,1-4H3,(H2,33,34)(H,35,39). The lowest BCUT2D eigenvalue weighted by molar-refractivity contribution is 0.0269. The molecule has 0 spiro atoms. The van der Waals surface area contributed by atoms with Gasteiger partial charge in [-0.2, -0.15) is 4.36 Å². The van der Waals surface area contributed by atoms with Crippen LogP contribution < -0.4 is 11.1 Å². The van der Waals surface area contributed by atoms with Crippen molar-refractivity contribution < 1.29 is 23.5 Å². The van der Waals surface area contributed by atoms with Crippen LogP contribution in [0.4, 0.5) is 20.7 Å². The summed E-state index contributed by atoms with van der Waals surface area (Å²) in [6, 6.07) is 12.7. The zero-order valence-corrected chi connectivity index (χ0v) is 24.7. The van der Waals surface area contributed by atoms with Gasteiger partial charge in [-0.15, -0.1) is 0 Å². The van der Waals surface area contributed by atoms with Crippen LogP contribution in [-0.4, -0.2) is 58.0 Å². The van der Waals surface area contributed by atoms with Gasteiger partial charge in [0.1, 0.15) is 17.2 Å². The number of carbonyl (C=O) groups is 3. The first-order valence-electron chi connectivity index (χ1n) is 13.2. The van der Waals surface area contributed by atoms with E-state index in [0.29, 0.717) is 41.4 Å². The van der Waals surface area contributed by atoms with Crippen molar-refractivity contribution in [2.75, 3.05) is 35.6 Å². The molecule has 0 atom stereocenters. The van der Waals surface area contributed by atoms with E-state index in [4.69, 9.17) is 10.5 Å². The fraction of sp³-hybridized carbons (Fsp3) is 0.290. The largest absolute Gasteiger partial charge is 0.444 e. The average molecular weight is 590 g/mol. The summed E-state index contributed by atoms with van der Waals surface area (Å²) in [5.41, 5.74) is 7.79. The summed E-state index contributed by atoms with van der Waals surface area (Å²) in [6.45, 7) is 8.16. The zero-order chi connectivity index (χ0) is 30.4. The van der Waals surface area contributed by atoms with Gasteiger partial charge in [0.2, 0.25) is 0 Å². The quantitative estimate of drug-likeness (QED) is 0.416. The minimum absolute atomic E-state index is 0.0496. The number of nitrogens with zero attached hydrogens (tertiary/aromatic N) is 3. The highest BCUT2D eigenvalue weighted by Crippen LogP contribution is 2.17. The number of ether oxygens (including phenoxy) is 1. The maximum atomic E-state index is 14.1. The molecule has 3 aromatic rings. The first-order valence-corrected chi connectivity index (χ1v) is 14.8. The minimum Gasteiger partial charge on any atom is -0.444 e. The molecule has 0 unspecified atom stereocenters. The van der Waals surface area contributed by atoms with E-state index >= 15 is 0 Å². The molecule has 3 amide bonds. The summed E-state index contributed by atoms with van der Waals surface area (Å²) >= 11 is 0. The molecule has 42 heavy (non-hydrogen) atoms. The molecule has 11 heteroatoms. The first-order chi connectivity index (χ1) is 19.9. The Balaban J connectivity index is 1.43. The van der Waals surface area contributed by atoms with Crippen molar-refractivity contribution in [2.24, 2.45) is 4.36 Å². The maximum absolute atomic E-state index is 14.1. The molecule has 9 nitrogen and oxygen atoms in total. The van der Waals surface area contributed by atoms with Crippen molar-refractivity contribution in [1.82, 2.24) is 9.88 Å². The van der Waals surface area contributed by atoms with E-state index in [2.05, 4.69) is 26.5 Å². The summed E-state index contributed by atoms with van der Waals surface area (Å²) in [7, 11) is -0.533. The molecule has 2 heterocycles. The molecule has 1 aromatic heterocycles. The maximum Gasteiger partial charge on any atom is 0.410 e. The molecule has 4 rings (SSSR count). The summed E-state index contributed by atoms with van der Waals surface area (Å²) in [5.74, 6) is 5.61. The van der Waals surface area contributed by atoms with Crippen LogP contribution in [0.1, 0.15) is 58.2 Å². The van der Waals surface area contributed by atoms with E-state index < -0.39 is 33.9 Å². The smallest absolute Gasteiger partial charge is 0.410 e. The Labute approximate surface area is 246 Å². The van der Waals surface area contributed by atoms with Gasteiger partial charge in [0, 0.05) is 42.0 Å². The van der Waals surface area contributed by atoms with E-state index in [0.717, 1.165) is 5.56 Å². The lowest BCUT2D eigenvalue weighted by atomic mass is 10.1. The number of pyridine rings is 1. The molecule has 0 bridgehead atoms. The number of anilines is 2. The summed E-state index contributed by atoms with van der Waals surface area (Å²) in [4.78, 5) is 43.5. The number of carbonyl (C=O) groups excluding carboxylic acids is 3. The van der Waals surface area contributed by atoms with E-state index in [-0.39, 0.29) is 23.0 Å². The molecule has 218 valence electrons. The molecular weight excluding hydrogens is 557 g/mol. The van der Waals surface area contributed by atoms with Crippen molar-refractivity contribution in [1.29, 1.82) is 0 Å². The predicted molar refractivity (Wildman–Crippen MR) is 162 cm³/mol. The lowest BCUT2D eigenvalue weighted by Gasteiger charge is -2.30. The van der Waals surface area contributed by atoms with Gasteiger partial charge in [-0.05, 0) is 64.1 Å². The van der Waals surface area contributed by atoms with Crippen LogP contribution in [0.3, 0.4) is 0 Å². The Kier molecular flexibility index (Phi) is 9.38. The molecule has 0 aliphatic carbocycles. The molecule has 0 radical (unpaired) electrons. The van der Waals surface area contributed by atoms with Gasteiger partial charge in [-0.3, -0.25) is 9.59 Å². The van der Waals surface area contributed by atoms with Gasteiger partial charge < -0.3 is 20.7 Å². The molecule has 2 aromatic carbocycles. The van der Waals surface area contributed by atoms with Gasteiger partial charge in [0.15, 0.2) is 0 Å². The second kappa shape index (κ2) is 13.0. The number of hydrogen-bond donors (Lipinski definition) is 2. The van der Waals surface area contributed by atoms with Gasteiger partial charge in [0.05, 0.1) is 16.7 Å². The molecular formula is C31H32FN5O4S. The zero-order valence-electron chi connectivity index (χ0n) is 23.9. The van der Waals surface area contributed by atoms with Crippen LogP contribution in [0.15, 0.2) is 59.1 Å². The average Bonchev–Trinajstić information content (AvgIpc) is 2.93. The lowest BCUT2D eigenvalue weighted by Crippen LogP contribution is -2.44. The van der Waals surface area contributed by atoms with Crippen molar-refractivity contribution in [2.45, 2.75) is 33.3 Å². The Morgan fingerprint density at radius 3 is 2.55 bits per heavy atom. The van der Waals surface area contributed by atoms with Gasteiger partial charge in [0.25, 0.3) is 11.8 Å². The van der Waals surface area contributed by atoms with Crippen molar-refractivity contribution in [3.8, 4) is 11.8 Å². The van der Waals surface area contributed by atoms with Crippen LogP contribution in [0, 0.1) is 24.6 Å². The Hall–Kier alpha value is -4.56. The number of nitrogens with two attached hydrogens (primary N) is 1. The molecule has 0 saturated carbocycles. The second-order valence-electron chi connectivity index (χ2n) is 10.7. The Bertz CT molecular complexity index is 1630. The van der Waals surface area contributed by atoms with Crippen LogP contribution in [0.2, 0.25) is 0 Å². The number of amides is 3. The Morgan fingerprint density at radius 2 is 1.83 bits per heavy atom. The van der Waals surface area contributed by atoms with E-state index in [9.17, 15) is 18.8 Å². The molecule has 3 N–H and O–H groups in total. The number of aromatic nitrogens is 1. The van der Waals surface area contributed by atoms with Crippen LogP contribution in [-0.2, 0) is 15.4 Å². The van der Waals surface area contributed by atoms with E-state index in [1.807, 2.05) is 20.8 Å². The fourth-order valence-electron chi connectivity index (χ4n) is 3.93. The fourth-order valence-corrected chi connectivity index (χ4v) is 5.52. The summed E-state index contributed by atoms with van der Waals surface area (Å²) < 4.78 is 23.9. The highest BCUT2D eigenvalue weighted by Gasteiger charge is 2.25. The van der Waals surface area contributed by atoms with Crippen LogP contribution in [0.5, 0.6) is 0 Å². The number of benzene rings is 2. The number of hydrogen-bond acceptors (Lipinski definition) is 6. The number of rotatable bonds is 3. The van der Waals surface area contributed by atoms with Crippen LogP contribution in [0.25, 0.3) is 0 Å². The summed E-state index contributed by atoms with van der Waals surface area (Å²) in [6.07, 6.45) is 1.00. The highest BCUT2D eigenvalue weighted by atomic mass is 32.2. The predicted octanol–water partition coefficient (Wildman–Crippen LogP) is 4.96. The topological polar surface area (TPSA) is 127 Å². The third-order valence-electron chi connectivity index (χ3n) is 6.05. The normalized spacial score (nSPS) is 13.5. The molecule has 1 saturated heterocycles. The highest BCUT2D eigenvalue weighted by molar-refractivity contribution is 7.87. The van der Waals surface area contributed by atoms with Gasteiger partial charge in [-0.25, -0.2) is 14.2 Å². The summed E-state index contributed by atoms with van der Waals surface area (Å²) in [5, 5.41) is 2.69. The molecule has 1 fully saturated rings. The number of nitrogen functional groups attached to an aromatic ring is 1.